The molecule has 0 aliphatic rings. The van der Waals surface area contributed by atoms with Gasteiger partial charge in [0.15, 0.2) is 12.3 Å². The van der Waals surface area contributed by atoms with Crippen LogP contribution in [0, 0.1) is 0 Å². The van der Waals surface area contributed by atoms with Gasteiger partial charge in [-0.25, -0.2) is 9.44 Å². The topological polar surface area (TPSA) is 112 Å². The maximum atomic E-state index is 9.98. The lowest BCUT2D eigenvalue weighted by molar-refractivity contribution is -0.434. The van der Waals surface area contributed by atoms with Gasteiger partial charge in [-0.05, 0) is 6.42 Å². The van der Waals surface area contributed by atoms with E-state index >= 15 is 0 Å². The molecule has 0 spiro atoms. The van der Waals surface area contributed by atoms with Crippen molar-refractivity contribution in [2.45, 2.75) is 6.42 Å². The molecule has 8 nitrogen and oxygen atoms in total. The van der Waals surface area contributed by atoms with E-state index in [4.69, 9.17) is 9.81 Å². The first-order chi connectivity index (χ1) is 6.06. The van der Waals surface area contributed by atoms with Crippen LogP contribution in [0.1, 0.15) is 6.42 Å². The third-order valence-corrected chi connectivity index (χ3v) is 1.55. The van der Waals surface area contributed by atoms with Crippen LogP contribution in [0.4, 0.5) is 0 Å². The van der Waals surface area contributed by atoms with Crippen LogP contribution in [0.2, 0.25) is 0 Å². The van der Waals surface area contributed by atoms with Gasteiger partial charge >= 0.3 is 10.4 Å². The first-order valence-corrected chi connectivity index (χ1v) is 4.97. The predicted molar refractivity (Wildman–Crippen MR) is 40.5 cm³/mol. The van der Waals surface area contributed by atoms with Gasteiger partial charge in [-0.2, -0.15) is 8.42 Å². The van der Waals surface area contributed by atoms with E-state index in [9.17, 15) is 8.42 Å². The molecule has 0 atom stereocenters. The molecule has 0 aromatic rings. The Morgan fingerprint density at radius 1 is 1.31 bits per heavy atom. The van der Waals surface area contributed by atoms with Crippen molar-refractivity contribution in [3.63, 3.8) is 0 Å². The molecule has 0 bridgehead atoms. The largest absolute Gasteiger partial charge is 0.397 e. The van der Waals surface area contributed by atoms with E-state index in [0.29, 0.717) is 12.3 Å². The summed E-state index contributed by atoms with van der Waals surface area (Å²) in [4.78, 5) is 0. The van der Waals surface area contributed by atoms with E-state index in [0.717, 1.165) is 0 Å². The standard InChI is InChI=1S/C3H8O8S2/c4-10-11-12-8-2-1-3-9-13(5,6)7/h4H,1-3H2,(H,5,6,7). The van der Waals surface area contributed by atoms with Crippen LogP contribution in [0.15, 0.2) is 0 Å². The Balaban J connectivity index is 3.09. The van der Waals surface area contributed by atoms with Crippen LogP contribution in [0.5, 0.6) is 0 Å². The van der Waals surface area contributed by atoms with Crippen molar-refractivity contribution in [2.75, 3.05) is 13.2 Å². The lowest BCUT2D eigenvalue weighted by Crippen LogP contribution is -2.06. The highest BCUT2D eigenvalue weighted by Crippen LogP contribution is 2.04. The molecule has 0 rings (SSSR count). The van der Waals surface area contributed by atoms with Crippen LogP contribution in [0.25, 0.3) is 0 Å². The van der Waals surface area contributed by atoms with Crippen LogP contribution in [0.3, 0.4) is 0 Å². The summed E-state index contributed by atoms with van der Waals surface area (Å²) in [6.07, 6.45) is 0.224. The lowest BCUT2D eigenvalue weighted by atomic mass is 10.5. The first-order valence-electron chi connectivity index (χ1n) is 2.94. The highest BCUT2D eigenvalue weighted by molar-refractivity contribution is 7.89. The molecule has 10 heteroatoms. The summed E-state index contributed by atoms with van der Waals surface area (Å²) < 4.78 is 40.4. The average Bonchev–Trinajstić information content (AvgIpc) is 2.01. The molecule has 0 saturated heterocycles. The zero-order valence-corrected chi connectivity index (χ0v) is 7.91. The Bertz CT molecular complexity index is 199. The third kappa shape index (κ3) is 12.1. The third-order valence-electron chi connectivity index (χ3n) is 0.711. The molecule has 0 unspecified atom stereocenters. The summed E-state index contributed by atoms with van der Waals surface area (Å²) in [6, 6.07) is 0. The Kier molecular flexibility index (Phi) is 7.50. The van der Waals surface area contributed by atoms with Crippen molar-refractivity contribution in [2.24, 2.45) is 0 Å². The zero-order chi connectivity index (χ0) is 10.2. The quantitative estimate of drug-likeness (QED) is 0.200. The Labute approximate surface area is 79.0 Å². The Morgan fingerprint density at radius 3 is 2.54 bits per heavy atom. The molecule has 0 heterocycles. The monoisotopic (exact) mass is 236 g/mol. The van der Waals surface area contributed by atoms with Gasteiger partial charge in [0, 0.05) is 0 Å². The van der Waals surface area contributed by atoms with Crippen molar-refractivity contribution in [1.82, 2.24) is 0 Å². The van der Waals surface area contributed by atoms with Gasteiger partial charge in [0.1, 0.15) is 0 Å². The molecule has 0 amide bonds. The highest BCUT2D eigenvalue weighted by Gasteiger charge is 2.02. The fraction of sp³-hybridized carbons (Fsp3) is 1.00. The number of rotatable bonds is 8. The van der Waals surface area contributed by atoms with E-state index in [2.05, 4.69) is 17.7 Å². The molecule has 2 N–H and O–H groups in total. The molecule has 0 fully saturated rings. The summed E-state index contributed by atoms with van der Waals surface area (Å²) in [5.74, 6) is 0. The van der Waals surface area contributed by atoms with Gasteiger partial charge in [-0.15, -0.1) is 4.33 Å². The number of hydrogen-bond acceptors (Lipinski definition) is 8. The van der Waals surface area contributed by atoms with Crippen LogP contribution in [-0.4, -0.2) is 31.4 Å². The molecule has 0 saturated carbocycles. The maximum Gasteiger partial charge on any atom is 0.397 e. The molecule has 0 radical (unpaired) electrons. The van der Waals surface area contributed by atoms with E-state index < -0.39 is 10.4 Å². The molecule has 0 aliphatic heterocycles. The summed E-state index contributed by atoms with van der Waals surface area (Å²) in [5, 5.41) is 10.8. The minimum Gasteiger partial charge on any atom is -0.289 e. The molecule has 0 aromatic heterocycles. The zero-order valence-electron chi connectivity index (χ0n) is 6.28. The molecular formula is C3H8O8S2. The molecule has 80 valence electrons. The van der Waals surface area contributed by atoms with Crippen molar-refractivity contribution in [3.8, 4) is 0 Å². The highest BCUT2D eigenvalue weighted by atomic mass is 32.3. The second-order valence-electron chi connectivity index (χ2n) is 1.64. The minimum absolute atomic E-state index is 0.101. The smallest absolute Gasteiger partial charge is 0.289 e. The van der Waals surface area contributed by atoms with E-state index in [1.807, 2.05) is 0 Å². The average molecular weight is 236 g/mol. The van der Waals surface area contributed by atoms with E-state index in [-0.39, 0.29) is 19.6 Å². The maximum absolute atomic E-state index is 9.98. The van der Waals surface area contributed by atoms with Crippen LogP contribution < -0.4 is 0 Å². The summed E-state index contributed by atoms with van der Waals surface area (Å²) in [7, 11) is -4.38. The molecular weight excluding hydrogens is 228 g/mol. The van der Waals surface area contributed by atoms with Gasteiger partial charge in [0.05, 0.1) is 13.2 Å². The van der Waals surface area contributed by atoms with Gasteiger partial charge in [0.2, 0.25) is 0 Å². The van der Waals surface area contributed by atoms with Gasteiger partial charge in [-0.3, -0.25) is 8.74 Å². The van der Waals surface area contributed by atoms with Gasteiger partial charge in [0.25, 0.3) is 0 Å². The molecule has 0 aromatic carbocycles. The lowest BCUT2D eigenvalue weighted by Gasteiger charge is -1.99. The number of hydrogen-bond donors (Lipinski definition) is 2. The van der Waals surface area contributed by atoms with E-state index in [1.165, 1.54) is 0 Å². The van der Waals surface area contributed by atoms with Crippen LogP contribution in [-0.2, 0) is 28.1 Å². The normalized spacial score (nSPS) is 11.8. The minimum atomic E-state index is -4.38. The fourth-order valence-electron chi connectivity index (χ4n) is 0.348. The summed E-state index contributed by atoms with van der Waals surface area (Å²) in [6.45, 7) is -0.108. The molecule has 0 aliphatic carbocycles. The van der Waals surface area contributed by atoms with Crippen LogP contribution >= 0.6 is 12.3 Å². The van der Waals surface area contributed by atoms with Crippen molar-refractivity contribution >= 4 is 22.7 Å². The fourth-order valence-corrected chi connectivity index (χ4v) is 0.927. The van der Waals surface area contributed by atoms with Crippen molar-refractivity contribution in [3.05, 3.63) is 0 Å². The predicted octanol–water partition coefficient (Wildman–Crippen LogP) is 0.197. The summed E-state index contributed by atoms with van der Waals surface area (Å²) in [5.41, 5.74) is 0. The van der Waals surface area contributed by atoms with Crippen molar-refractivity contribution in [1.29, 1.82) is 0 Å². The second-order valence-corrected chi connectivity index (χ2v) is 3.23. The van der Waals surface area contributed by atoms with Gasteiger partial charge < -0.3 is 0 Å². The first kappa shape index (κ1) is 13.1. The second kappa shape index (κ2) is 7.46. The van der Waals surface area contributed by atoms with E-state index in [1.54, 1.807) is 0 Å². The van der Waals surface area contributed by atoms with Crippen molar-refractivity contribution < 1.29 is 36.0 Å². The van der Waals surface area contributed by atoms with Gasteiger partial charge in [-0.1, -0.05) is 5.04 Å². The SMILES string of the molecule is O=S(=O)(O)OCCCOSOOO. The molecule has 13 heavy (non-hydrogen) atoms. The Morgan fingerprint density at radius 2 is 2.00 bits per heavy atom. The Hall–Kier alpha value is 0.0600. The summed E-state index contributed by atoms with van der Waals surface area (Å²) >= 11 is 0.371.